The van der Waals surface area contributed by atoms with Gasteiger partial charge in [0.25, 0.3) is 0 Å². The van der Waals surface area contributed by atoms with Gasteiger partial charge in [0.15, 0.2) is 0 Å². The predicted octanol–water partition coefficient (Wildman–Crippen LogP) is 1.81. The van der Waals surface area contributed by atoms with E-state index in [1.165, 1.54) is 18.3 Å². The normalized spacial score (nSPS) is 13.4. The van der Waals surface area contributed by atoms with Crippen molar-refractivity contribution >= 4 is 21.6 Å². The van der Waals surface area contributed by atoms with Crippen LogP contribution >= 0.6 is 11.6 Å². The van der Waals surface area contributed by atoms with Crippen molar-refractivity contribution in [3.8, 4) is 0 Å². The van der Waals surface area contributed by atoms with Crippen LogP contribution in [0.3, 0.4) is 0 Å². The van der Waals surface area contributed by atoms with Gasteiger partial charge in [-0.15, -0.1) is 0 Å². The van der Waals surface area contributed by atoms with Crippen molar-refractivity contribution in [2.24, 2.45) is 5.92 Å². The molecule has 0 saturated carbocycles. The molecule has 1 atom stereocenters. The maximum Gasteiger partial charge on any atom is 0.243 e. The highest BCUT2D eigenvalue weighted by Crippen LogP contribution is 2.18. The molecule has 0 aliphatic heterocycles. The fourth-order valence-electron chi connectivity index (χ4n) is 1.82. The molecule has 0 radical (unpaired) electrons. The third kappa shape index (κ3) is 5.06. The van der Waals surface area contributed by atoms with Crippen molar-refractivity contribution in [1.29, 1.82) is 0 Å². The summed E-state index contributed by atoms with van der Waals surface area (Å²) in [6, 6.07) is 2.94. The predicted molar refractivity (Wildman–Crippen MR) is 74.5 cm³/mol. The Morgan fingerprint density at radius 1 is 1.47 bits per heavy atom. The van der Waals surface area contributed by atoms with Gasteiger partial charge in [0.1, 0.15) is 10.0 Å². The maximum absolute atomic E-state index is 12.1. The van der Waals surface area contributed by atoms with Crippen molar-refractivity contribution in [2.45, 2.75) is 31.1 Å². The van der Waals surface area contributed by atoms with Gasteiger partial charge >= 0.3 is 0 Å². The number of halogens is 1. The second-order valence-electron chi connectivity index (χ2n) is 4.31. The van der Waals surface area contributed by atoms with Crippen molar-refractivity contribution in [1.82, 2.24) is 9.71 Å². The zero-order valence-electron chi connectivity index (χ0n) is 10.8. The maximum atomic E-state index is 12.1. The first-order valence-corrected chi connectivity index (χ1v) is 8.08. The van der Waals surface area contributed by atoms with E-state index in [1.54, 1.807) is 0 Å². The largest absolute Gasteiger partial charge is 0.396 e. The number of nitrogens with one attached hydrogen (secondary N) is 1. The topological polar surface area (TPSA) is 79.3 Å². The highest BCUT2D eigenvalue weighted by Gasteiger charge is 2.19. The molecule has 0 spiro atoms. The zero-order valence-corrected chi connectivity index (χ0v) is 12.4. The SMILES string of the molecule is CCCC(CCO)CNS(=O)(=O)c1cccnc1Cl. The lowest BCUT2D eigenvalue weighted by molar-refractivity contribution is 0.251. The molecule has 19 heavy (non-hydrogen) atoms. The van der Waals surface area contributed by atoms with Crippen LogP contribution in [0.4, 0.5) is 0 Å². The van der Waals surface area contributed by atoms with Gasteiger partial charge in [-0.1, -0.05) is 24.9 Å². The minimum absolute atomic E-state index is 0.0177. The molecule has 1 aromatic rings. The highest BCUT2D eigenvalue weighted by atomic mass is 35.5. The zero-order chi connectivity index (χ0) is 14.3. The van der Waals surface area contributed by atoms with Crippen LogP contribution in [0, 0.1) is 5.92 Å². The van der Waals surface area contributed by atoms with E-state index >= 15 is 0 Å². The minimum atomic E-state index is -3.65. The standard InChI is InChI=1S/C12H19ClN2O3S/c1-2-4-10(6-8-16)9-15-19(17,18)11-5-3-7-14-12(11)13/h3,5,7,10,15-16H,2,4,6,8-9H2,1H3. The Kier molecular flexibility index (Phi) is 6.71. The number of aromatic nitrogens is 1. The van der Waals surface area contributed by atoms with Gasteiger partial charge in [-0.2, -0.15) is 0 Å². The summed E-state index contributed by atoms with van der Waals surface area (Å²) >= 11 is 5.78. The first-order valence-electron chi connectivity index (χ1n) is 6.22. The molecule has 0 aliphatic carbocycles. The van der Waals surface area contributed by atoms with Crippen LogP contribution in [0.25, 0.3) is 0 Å². The van der Waals surface area contributed by atoms with E-state index in [0.29, 0.717) is 13.0 Å². The number of hydrogen-bond acceptors (Lipinski definition) is 4. The summed E-state index contributed by atoms with van der Waals surface area (Å²) in [6.45, 7) is 2.37. The summed E-state index contributed by atoms with van der Waals surface area (Å²) in [4.78, 5) is 3.73. The number of aliphatic hydroxyl groups excluding tert-OH is 1. The lowest BCUT2D eigenvalue weighted by atomic mass is 10.0. The van der Waals surface area contributed by atoms with Gasteiger partial charge in [-0.05, 0) is 30.9 Å². The molecule has 108 valence electrons. The summed E-state index contributed by atoms with van der Waals surface area (Å²) in [5.41, 5.74) is 0. The lowest BCUT2D eigenvalue weighted by Gasteiger charge is -2.16. The molecule has 0 fully saturated rings. The second kappa shape index (κ2) is 7.79. The molecule has 1 aromatic heterocycles. The lowest BCUT2D eigenvalue weighted by Crippen LogP contribution is -2.30. The number of hydrogen-bond donors (Lipinski definition) is 2. The van der Waals surface area contributed by atoms with Crippen LogP contribution in [-0.2, 0) is 10.0 Å². The van der Waals surface area contributed by atoms with Gasteiger partial charge in [0.2, 0.25) is 10.0 Å². The van der Waals surface area contributed by atoms with E-state index in [4.69, 9.17) is 16.7 Å². The Morgan fingerprint density at radius 3 is 2.79 bits per heavy atom. The molecule has 0 aromatic carbocycles. The van der Waals surface area contributed by atoms with E-state index in [1.807, 2.05) is 6.92 Å². The second-order valence-corrected chi connectivity index (χ2v) is 6.40. The molecule has 0 aliphatic rings. The fraction of sp³-hybridized carbons (Fsp3) is 0.583. The van der Waals surface area contributed by atoms with Crippen LogP contribution < -0.4 is 4.72 Å². The highest BCUT2D eigenvalue weighted by molar-refractivity contribution is 7.89. The summed E-state index contributed by atoms with van der Waals surface area (Å²) in [6.07, 6.45) is 3.83. The Labute approximate surface area is 119 Å². The van der Waals surface area contributed by atoms with Crippen LogP contribution in [0.5, 0.6) is 0 Å². The number of nitrogens with zero attached hydrogens (tertiary/aromatic N) is 1. The average Bonchev–Trinajstić information content (AvgIpc) is 2.37. The molecular weight excluding hydrogens is 288 g/mol. The van der Waals surface area contributed by atoms with Crippen LogP contribution in [0.15, 0.2) is 23.2 Å². The summed E-state index contributed by atoms with van der Waals surface area (Å²) in [5, 5.41) is 8.91. The third-order valence-electron chi connectivity index (χ3n) is 2.81. The molecule has 1 rings (SSSR count). The summed E-state index contributed by atoms with van der Waals surface area (Å²) in [7, 11) is -3.65. The van der Waals surface area contributed by atoms with E-state index < -0.39 is 10.0 Å². The van der Waals surface area contributed by atoms with E-state index in [2.05, 4.69) is 9.71 Å². The number of pyridine rings is 1. The van der Waals surface area contributed by atoms with E-state index in [0.717, 1.165) is 12.8 Å². The molecule has 2 N–H and O–H groups in total. The average molecular weight is 307 g/mol. The summed E-state index contributed by atoms with van der Waals surface area (Å²) < 4.78 is 26.7. The van der Waals surface area contributed by atoms with Gasteiger partial charge in [0.05, 0.1) is 0 Å². The Hall–Kier alpha value is -0.690. The van der Waals surface area contributed by atoms with Crippen LogP contribution in [-0.4, -0.2) is 31.7 Å². The molecule has 7 heteroatoms. The molecule has 0 bridgehead atoms. The van der Waals surface area contributed by atoms with E-state index in [9.17, 15) is 8.42 Å². The molecule has 1 heterocycles. The number of rotatable bonds is 8. The Bertz CT molecular complexity index is 488. The Morgan fingerprint density at radius 2 is 2.21 bits per heavy atom. The van der Waals surface area contributed by atoms with E-state index in [-0.39, 0.29) is 22.6 Å². The van der Waals surface area contributed by atoms with Crippen LogP contribution in [0.2, 0.25) is 5.15 Å². The molecule has 5 nitrogen and oxygen atoms in total. The minimum Gasteiger partial charge on any atom is -0.396 e. The van der Waals surface area contributed by atoms with Crippen molar-refractivity contribution in [3.05, 3.63) is 23.5 Å². The van der Waals surface area contributed by atoms with Gasteiger partial charge < -0.3 is 5.11 Å². The first-order chi connectivity index (χ1) is 9.01. The van der Waals surface area contributed by atoms with Gasteiger partial charge in [-0.3, -0.25) is 0 Å². The Balaban J connectivity index is 2.72. The number of aliphatic hydroxyl groups is 1. The van der Waals surface area contributed by atoms with Gasteiger partial charge in [-0.25, -0.2) is 18.1 Å². The molecular formula is C12H19ClN2O3S. The van der Waals surface area contributed by atoms with Crippen molar-refractivity contribution < 1.29 is 13.5 Å². The van der Waals surface area contributed by atoms with Crippen molar-refractivity contribution in [2.75, 3.05) is 13.2 Å². The van der Waals surface area contributed by atoms with Crippen LogP contribution in [0.1, 0.15) is 26.2 Å². The molecule has 0 amide bonds. The monoisotopic (exact) mass is 306 g/mol. The number of sulfonamides is 1. The first kappa shape index (κ1) is 16.4. The van der Waals surface area contributed by atoms with Crippen molar-refractivity contribution in [3.63, 3.8) is 0 Å². The molecule has 0 saturated heterocycles. The molecule has 1 unspecified atom stereocenters. The van der Waals surface area contributed by atoms with Gasteiger partial charge in [0, 0.05) is 19.3 Å². The smallest absolute Gasteiger partial charge is 0.243 e. The third-order valence-corrected chi connectivity index (χ3v) is 4.68. The fourth-order valence-corrected chi connectivity index (χ4v) is 3.38. The quantitative estimate of drug-likeness (QED) is 0.718. The summed E-state index contributed by atoms with van der Waals surface area (Å²) in [5.74, 6) is 0.125.